The number of pyridine rings is 2. The van der Waals surface area contributed by atoms with Crippen LogP contribution in [0.5, 0.6) is 0 Å². The van der Waals surface area contributed by atoms with E-state index in [9.17, 15) is 5.26 Å². The Morgan fingerprint density at radius 2 is 1.91 bits per heavy atom. The van der Waals surface area contributed by atoms with Crippen LogP contribution in [0.15, 0.2) is 67.1 Å². The molecule has 1 atom stereocenters. The molecule has 0 amide bonds. The first-order valence-electron chi connectivity index (χ1n) is 10.6. The van der Waals surface area contributed by atoms with Gasteiger partial charge >= 0.3 is 0 Å². The zero-order chi connectivity index (χ0) is 24.4. The molecule has 0 saturated carbocycles. The molecule has 10 heteroatoms. The van der Waals surface area contributed by atoms with E-state index in [4.69, 9.17) is 23.2 Å². The second-order valence-corrected chi connectivity index (χ2v) is 8.64. The maximum absolute atomic E-state index is 9.77. The molecule has 0 aliphatic rings. The second-order valence-electron chi connectivity index (χ2n) is 7.80. The molecule has 35 heavy (non-hydrogen) atoms. The Kier molecular flexibility index (Phi) is 6.19. The summed E-state index contributed by atoms with van der Waals surface area (Å²) >= 11 is 12.8. The van der Waals surface area contributed by atoms with Gasteiger partial charge in [0.25, 0.3) is 0 Å². The molecule has 2 aromatic carbocycles. The van der Waals surface area contributed by atoms with Crippen LogP contribution in [0, 0.1) is 18.3 Å². The first kappa shape index (κ1) is 22.6. The van der Waals surface area contributed by atoms with E-state index < -0.39 is 0 Å². The van der Waals surface area contributed by atoms with Crippen LogP contribution in [0.25, 0.3) is 10.9 Å². The lowest BCUT2D eigenvalue weighted by molar-refractivity contribution is 0.838. The van der Waals surface area contributed by atoms with Gasteiger partial charge < -0.3 is 10.6 Å². The molecule has 8 nitrogen and oxygen atoms in total. The Morgan fingerprint density at radius 3 is 2.66 bits per heavy atom. The number of hydrogen-bond acceptors (Lipinski definition) is 7. The maximum Gasteiger partial charge on any atom is 0.109 e. The summed E-state index contributed by atoms with van der Waals surface area (Å²) in [6.07, 6.45) is 4.91. The Hall–Kier alpha value is -4.19. The van der Waals surface area contributed by atoms with Gasteiger partial charge in [-0.15, -0.1) is 0 Å². The monoisotopic (exact) mass is 500 g/mol. The number of H-pyrrole nitrogens is 1. The highest BCUT2D eigenvalue weighted by atomic mass is 35.5. The van der Waals surface area contributed by atoms with Gasteiger partial charge in [0.2, 0.25) is 0 Å². The van der Waals surface area contributed by atoms with Gasteiger partial charge in [-0.25, -0.2) is 0 Å². The van der Waals surface area contributed by atoms with E-state index in [2.05, 4.69) is 42.1 Å². The van der Waals surface area contributed by atoms with E-state index in [1.165, 1.54) is 6.20 Å². The van der Waals surface area contributed by atoms with Crippen molar-refractivity contribution < 1.29 is 0 Å². The van der Waals surface area contributed by atoms with Crippen molar-refractivity contribution in [3.8, 4) is 6.07 Å². The van der Waals surface area contributed by atoms with Crippen molar-refractivity contribution in [1.82, 2.24) is 25.4 Å². The van der Waals surface area contributed by atoms with E-state index in [1.54, 1.807) is 30.6 Å². The predicted molar refractivity (Wildman–Crippen MR) is 137 cm³/mol. The molecule has 0 spiro atoms. The zero-order valence-electron chi connectivity index (χ0n) is 18.4. The molecule has 1 unspecified atom stereocenters. The fourth-order valence-electron chi connectivity index (χ4n) is 3.90. The summed E-state index contributed by atoms with van der Waals surface area (Å²) in [7, 11) is 0. The maximum atomic E-state index is 9.77. The lowest BCUT2D eigenvalue weighted by atomic mass is 10.0. The van der Waals surface area contributed by atoms with E-state index in [1.807, 2.05) is 37.3 Å². The van der Waals surface area contributed by atoms with Crippen LogP contribution < -0.4 is 10.6 Å². The molecular formula is C25H18Cl2N8. The topological polar surface area (TPSA) is 115 Å². The summed E-state index contributed by atoms with van der Waals surface area (Å²) in [5, 5.41) is 29.2. The number of aromatic amines is 1. The quantitative estimate of drug-likeness (QED) is 0.255. The summed E-state index contributed by atoms with van der Waals surface area (Å²) < 4.78 is 0. The van der Waals surface area contributed by atoms with E-state index in [-0.39, 0.29) is 6.04 Å². The average Bonchev–Trinajstić information content (AvgIpc) is 3.38. The Balaban J connectivity index is 1.63. The minimum absolute atomic E-state index is 0.340. The SMILES string of the molecule is Cc1ncccc1C(Nc1cc(Cl)c2ncc(C#N)c(Nc3cccc(Cl)c3)c2c1)c1cn[nH]n1. The van der Waals surface area contributed by atoms with Crippen LogP contribution in [0.3, 0.4) is 0 Å². The van der Waals surface area contributed by atoms with Crippen molar-refractivity contribution in [1.29, 1.82) is 5.26 Å². The van der Waals surface area contributed by atoms with Gasteiger partial charge in [-0.1, -0.05) is 35.3 Å². The number of nitrogens with zero attached hydrogens (tertiary/aromatic N) is 5. The number of aryl methyl sites for hydroxylation is 1. The van der Waals surface area contributed by atoms with E-state index >= 15 is 0 Å². The first-order chi connectivity index (χ1) is 17.0. The molecule has 5 aromatic rings. The number of nitriles is 1. The summed E-state index contributed by atoms with van der Waals surface area (Å²) in [6.45, 7) is 1.94. The van der Waals surface area contributed by atoms with Gasteiger partial charge in [-0.2, -0.15) is 20.7 Å². The van der Waals surface area contributed by atoms with Crippen molar-refractivity contribution in [2.45, 2.75) is 13.0 Å². The largest absolute Gasteiger partial charge is 0.373 e. The summed E-state index contributed by atoms with van der Waals surface area (Å²) in [6, 6.07) is 16.7. The highest BCUT2D eigenvalue weighted by Crippen LogP contribution is 2.37. The van der Waals surface area contributed by atoms with Crippen LogP contribution in [-0.2, 0) is 0 Å². The molecule has 3 heterocycles. The molecule has 0 aliphatic carbocycles. The van der Waals surface area contributed by atoms with Crippen LogP contribution in [0.1, 0.15) is 28.6 Å². The Morgan fingerprint density at radius 1 is 1.03 bits per heavy atom. The number of halogens is 2. The Bertz CT molecular complexity index is 1560. The van der Waals surface area contributed by atoms with Crippen LogP contribution in [-0.4, -0.2) is 25.4 Å². The van der Waals surface area contributed by atoms with Gasteiger partial charge in [0.1, 0.15) is 11.8 Å². The highest BCUT2D eigenvalue weighted by Gasteiger charge is 2.21. The number of hydrogen-bond donors (Lipinski definition) is 3. The van der Waals surface area contributed by atoms with Gasteiger partial charge in [0, 0.05) is 45.4 Å². The molecule has 5 rings (SSSR count). The van der Waals surface area contributed by atoms with E-state index in [0.29, 0.717) is 43.6 Å². The minimum Gasteiger partial charge on any atom is -0.373 e. The van der Waals surface area contributed by atoms with Crippen molar-refractivity contribution >= 4 is 51.2 Å². The molecular weight excluding hydrogens is 483 g/mol. The van der Waals surface area contributed by atoms with Crippen molar-refractivity contribution in [3.63, 3.8) is 0 Å². The van der Waals surface area contributed by atoms with E-state index in [0.717, 1.165) is 16.9 Å². The number of rotatable bonds is 6. The third-order valence-corrected chi connectivity index (χ3v) is 6.06. The molecule has 3 aromatic heterocycles. The molecule has 0 aliphatic heterocycles. The molecule has 3 N–H and O–H groups in total. The van der Waals surface area contributed by atoms with Gasteiger partial charge in [-0.3, -0.25) is 9.97 Å². The summed E-state index contributed by atoms with van der Waals surface area (Å²) in [4.78, 5) is 8.85. The van der Waals surface area contributed by atoms with Crippen LogP contribution in [0.4, 0.5) is 17.1 Å². The van der Waals surface area contributed by atoms with Crippen LogP contribution >= 0.6 is 23.2 Å². The molecule has 0 saturated heterocycles. The predicted octanol–water partition coefficient (Wildman–Crippen LogP) is 6.18. The third kappa shape index (κ3) is 4.60. The van der Waals surface area contributed by atoms with Crippen LogP contribution in [0.2, 0.25) is 10.0 Å². The van der Waals surface area contributed by atoms with Gasteiger partial charge in [0.05, 0.1) is 34.0 Å². The lowest BCUT2D eigenvalue weighted by Gasteiger charge is -2.21. The van der Waals surface area contributed by atoms with Crippen molar-refractivity contribution in [2.24, 2.45) is 0 Å². The fourth-order valence-corrected chi connectivity index (χ4v) is 4.36. The smallest absolute Gasteiger partial charge is 0.109 e. The standard InChI is InChI=1S/C25H18Cl2N8/c1-14-19(6-3-7-29-14)25(22-13-31-35-34-22)33-18-9-20-23(32-17-5-2-4-16(26)8-17)15(11-28)12-30-24(20)21(27)10-18/h2-10,12-13,25,33H,1H3,(H,30,32)(H,31,34,35). The highest BCUT2D eigenvalue weighted by molar-refractivity contribution is 6.36. The minimum atomic E-state index is -0.340. The number of fused-ring (bicyclic) bond motifs is 1. The first-order valence-corrected chi connectivity index (χ1v) is 11.4. The molecule has 172 valence electrons. The average molecular weight is 501 g/mol. The molecule has 0 fully saturated rings. The van der Waals surface area contributed by atoms with Crippen molar-refractivity contribution in [3.05, 3.63) is 99.7 Å². The summed E-state index contributed by atoms with van der Waals surface area (Å²) in [5.74, 6) is 0. The Labute approximate surface area is 211 Å². The zero-order valence-corrected chi connectivity index (χ0v) is 19.9. The normalized spacial score (nSPS) is 11.7. The number of aromatic nitrogens is 5. The van der Waals surface area contributed by atoms with Crippen molar-refractivity contribution in [2.75, 3.05) is 10.6 Å². The molecule has 0 radical (unpaired) electrons. The third-order valence-electron chi connectivity index (χ3n) is 5.54. The molecule has 0 bridgehead atoms. The number of nitrogens with one attached hydrogen (secondary N) is 3. The number of anilines is 3. The number of benzene rings is 2. The fraction of sp³-hybridized carbons (Fsp3) is 0.0800. The van der Waals surface area contributed by atoms with Gasteiger partial charge in [-0.05, 0) is 43.3 Å². The second kappa shape index (κ2) is 9.58. The summed E-state index contributed by atoms with van der Waals surface area (Å²) in [5.41, 5.74) is 5.47. The van der Waals surface area contributed by atoms with Gasteiger partial charge in [0.15, 0.2) is 0 Å². The lowest BCUT2D eigenvalue weighted by Crippen LogP contribution is -2.15.